The summed E-state index contributed by atoms with van der Waals surface area (Å²) in [5, 5.41) is 0. The number of hydrogen-bond donors (Lipinski definition) is 0. The smallest absolute Gasteiger partial charge is 0.246 e. The lowest BCUT2D eigenvalue weighted by molar-refractivity contribution is -0.127. The molecule has 2 rings (SSSR count). The molecule has 2 heterocycles. The highest BCUT2D eigenvalue weighted by molar-refractivity contribution is 5.87. The highest BCUT2D eigenvalue weighted by Gasteiger charge is 2.21. The summed E-state index contributed by atoms with van der Waals surface area (Å²) in [4.78, 5) is 27.8. The number of aldehydes is 1. The van der Waals surface area contributed by atoms with E-state index in [1.54, 1.807) is 4.90 Å². The predicted molar refractivity (Wildman–Crippen MR) is 53.2 cm³/mol. The summed E-state index contributed by atoms with van der Waals surface area (Å²) in [6.07, 6.45) is 3.60. The van der Waals surface area contributed by atoms with Gasteiger partial charge in [-0.1, -0.05) is 6.58 Å². The number of nitrogens with zero attached hydrogens (tertiary/aromatic N) is 3. The number of carbonyl (C=O) groups excluding carboxylic acids is 2. The van der Waals surface area contributed by atoms with E-state index in [1.165, 1.54) is 12.3 Å². The zero-order valence-corrected chi connectivity index (χ0v) is 8.22. The van der Waals surface area contributed by atoms with Gasteiger partial charge in [-0.25, -0.2) is 4.98 Å². The molecule has 78 valence electrons. The number of imidazole rings is 1. The van der Waals surface area contributed by atoms with Crippen molar-refractivity contribution in [1.82, 2.24) is 14.5 Å². The molecule has 1 aliphatic rings. The van der Waals surface area contributed by atoms with Crippen LogP contribution in [0.4, 0.5) is 0 Å². The van der Waals surface area contributed by atoms with Gasteiger partial charge in [-0.05, 0) is 6.08 Å². The number of amides is 1. The van der Waals surface area contributed by atoms with Gasteiger partial charge in [-0.3, -0.25) is 9.59 Å². The Labute approximate surface area is 87.0 Å². The first kappa shape index (κ1) is 9.64. The van der Waals surface area contributed by atoms with Gasteiger partial charge in [0, 0.05) is 13.1 Å². The van der Waals surface area contributed by atoms with E-state index in [9.17, 15) is 9.59 Å². The molecule has 0 spiro atoms. The first-order chi connectivity index (χ1) is 7.26. The molecule has 5 heteroatoms. The molecule has 1 amide bonds. The van der Waals surface area contributed by atoms with E-state index >= 15 is 0 Å². The summed E-state index contributed by atoms with van der Waals surface area (Å²) in [5.41, 5.74) is 0.565. The van der Waals surface area contributed by atoms with Crippen molar-refractivity contribution in [2.45, 2.75) is 13.1 Å². The summed E-state index contributed by atoms with van der Waals surface area (Å²) in [6.45, 7) is 5.09. The molecule has 1 aromatic heterocycles. The Morgan fingerprint density at radius 2 is 2.33 bits per heavy atom. The summed E-state index contributed by atoms with van der Waals surface area (Å²) in [5.74, 6) is 0.649. The maximum atomic E-state index is 11.4. The molecule has 0 radical (unpaired) electrons. The van der Waals surface area contributed by atoms with Gasteiger partial charge in [-0.2, -0.15) is 0 Å². The Kier molecular flexibility index (Phi) is 2.37. The number of rotatable bonds is 2. The van der Waals surface area contributed by atoms with Crippen molar-refractivity contribution in [2.75, 3.05) is 6.54 Å². The third kappa shape index (κ3) is 1.56. The second-order valence-corrected chi connectivity index (χ2v) is 3.33. The normalized spacial score (nSPS) is 14.5. The van der Waals surface area contributed by atoms with Crippen molar-refractivity contribution < 1.29 is 9.59 Å². The van der Waals surface area contributed by atoms with Crippen molar-refractivity contribution in [3.8, 4) is 0 Å². The lowest BCUT2D eigenvalue weighted by Crippen LogP contribution is -2.37. The number of carbonyl (C=O) groups is 2. The van der Waals surface area contributed by atoms with E-state index in [4.69, 9.17) is 0 Å². The van der Waals surface area contributed by atoms with Crippen LogP contribution in [0.2, 0.25) is 0 Å². The van der Waals surface area contributed by atoms with E-state index < -0.39 is 0 Å². The molecule has 0 aromatic carbocycles. The van der Waals surface area contributed by atoms with Gasteiger partial charge in [0.15, 0.2) is 6.29 Å². The summed E-state index contributed by atoms with van der Waals surface area (Å²) in [7, 11) is 0. The Hall–Kier alpha value is -1.91. The van der Waals surface area contributed by atoms with Crippen molar-refractivity contribution in [3.63, 3.8) is 0 Å². The third-order valence-electron chi connectivity index (χ3n) is 2.50. The topological polar surface area (TPSA) is 55.2 Å². The van der Waals surface area contributed by atoms with E-state index in [-0.39, 0.29) is 5.91 Å². The summed E-state index contributed by atoms with van der Waals surface area (Å²) < 4.78 is 1.83. The molecule has 0 N–H and O–H groups in total. The molecule has 15 heavy (non-hydrogen) atoms. The SMILES string of the molecule is C=CC(=O)N1CCn2c(C=O)cnc2C1. The minimum Gasteiger partial charge on any atom is -0.330 e. The standard InChI is InChI=1S/C10H11N3O2/c1-2-10(15)12-3-4-13-8(7-14)5-11-9(13)6-12/h2,5,7H,1,3-4,6H2. The van der Waals surface area contributed by atoms with E-state index in [1.807, 2.05) is 4.57 Å². The van der Waals surface area contributed by atoms with Gasteiger partial charge in [0.1, 0.15) is 11.5 Å². The molecule has 5 nitrogen and oxygen atoms in total. The quantitative estimate of drug-likeness (QED) is 0.512. The summed E-state index contributed by atoms with van der Waals surface area (Å²) in [6, 6.07) is 0. The summed E-state index contributed by atoms with van der Waals surface area (Å²) >= 11 is 0. The average molecular weight is 205 g/mol. The highest BCUT2D eigenvalue weighted by atomic mass is 16.2. The zero-order chi connectivity index (χ0) is 10.8. The van der Waals surface area contributed by atoms with Gasteiger partial charge < -0.3 is 9.47 Å². The highest BCUT2D eigenvalue weighted by Crippen LogP contribution is 2.13. The first-order valence-electron chi connectivity index (χ1n) is 4.67. The number of fused-ring (bicyclic) bond motifs is 1. The van der Waals surface area contributed by atoms with Crippen molar-refractivity contribution in [2.24, 2.45) is 0 Å². The Morgan fingerprint density at radius 3 is 3.00 bits per heavy atom. The van der Waals surface area contributed by atoms with Gasteiger partial charge in [0.25, 0.3) is 0 Å². The fourth-order valence-electron chi connectivity index (χ4n) is 1.70. The molecule has 0 atom stereocenters. The van der Waals surface area contributed by atoms with E-state index in [2.05, 4.69) is 11.6 Å². The van der Waals surface area contributed by atoms with Gasteiger partial charge in [-0.15, -0.1) is 0 Å². The Bertz CT molecular complexity index is 422. The molecule has 0 fully saturated rings. The molecule has 1 aromatic rings. The average Bonchev–Trinajstić information content (AvgIpc) is 2.69. The molecule has 0 bridgehead atoms. The molecular weight excluding hydrogens is 194 g/mol. The lowest BCUT2D eigenvalue weighted by Gasteiger charge is -2.27. The third-order valence-corrected chi connectivity index (χ3v) is 2.50. The van der Waals surface area contributed by atoms with Crippen LogP contribution in [-0.4, -0.2) is 33.2 Å². The zero-order valence-electron chi connectivity index (χ0n) is 8.22. The molecular formula is C10H11N3O2. The fourth-order valence-corrected chi connectivity index (χ4v) is 1.70. The van der Waals surface area contributed by atoms with Crippen LogP contribution in [0.25, 0.3) is 0 Å². The number of hydrogen-bond acceptors (Lipinski definition) is 3. The first-order valence-corrected chi connectivity index (χ1v) is 4.67. The molecule has 0 saturated carbocycles. The predicted octanol–water partition coefficient (Wildman–Crippen LogP) is 0.224. The van der Waals surface area contributed by atoms with Crippen LogP contribution in [0.5, 0.6) is 0 Å². The minimum atomic E-state index is -0.100. The van der Waals surface area contributed by atoms with Crippen molar-refractivity contribution in [3.05, 3.63) is 30.4 Å². The fraction of sp³-hybridized carbons (Fsp3) is 0.300. The van der Waals surface area contributed by atoms with Crippen LogP contribution < -0.4 is 0 Å². The number of aromatic nitrogens is 2. The van der Waals surface area contributed by atoms with Crippen molar-refractivity contribution in [1.29, 1.82) is 0 Å². The Morgan fingerprint density at radius 1 is 1.53 bits per heavy atom. The maximum absolute atomic E-state index is 11.4. The maximum Gasteiger partial charge on any atom is 0.246 e. The second kappa shape index (κ2) is 3.68. The van der Waals surface area contributed by atoms with E-state index in [0.717, 1.165) is 12.1 Å². The monoisotopic (exact) mass is 205 g/mol. The Balaban J connectivity index is 2.24. The second-order valence-electron chi connectivity index (χ2n) is 3.33. The van der Waals surface area contributed by atoms with Crippen molar-refractivity contribution >= 4 is 12.2 Å². The van der Waals surface area contributed by atoms with Crippen LogP contribution in [0.3, 0.4) is 0 Å². The van der Waals surface area contributed by atoms with Gasteiger partial charge in [0.05, 0.1) is 12.7 Å². The van der Waals surface area contributed by atoms with Crippen LogP contribution in [-0.2, 0) is 17.9 Å². The van der Waals surface area contributed by atoms with Crippen LogP contribution in [0, 0.1) is 0 Å². The minimum absolute atomic E-state index is 0.100. The van der Waals surface area contributed by atoms with Crippen LogP contribution in [0.1, 0.15) is 16.3 Å². The molecule has 0 saturated heterocycles. The van der Waals surface area contributed by atoms with E-state index in [0.29, 0.717) is 25.3 Å². The molecule has 1 aliphatic heterocycles. The van der Waals surface area contributed by atoms with Gasteiger partial charge in [0.2, 0.25) is 5.91 Å². The van der Waals surface area contributed by atoms with Gasteiger partial charge >= 0.3 is 0 Å². The lowest BCUT2D eigenvalue weighted by atomic mass is 10.3. The van der Waals surface area contributed by atoms with Crippen LogP contribution in [0.15, 0.2) is 18.9 Å². The largest absolute Gasteiger partial charge is 0.330 e. The molecule has 0 unspecified atom stereocenters. The van der Waals surface area contributed by atoms with Crippen LogP contribution >= 0.6 is 0 Å². The molecule has 0 aliphatic carbocycles.